The zero-order valence-corrected chi connectivity index (χ0v) is 20.7. The number of nitrogens with one attached hydrogen (secondary N) is 1. The summed E-state index contributed by atoms with van der Waals surface area (Å²) in [6.07, 6.45) is -7.70. The third-order valence-electron chi connectivity index (χ3n) is 4.91. The molecule has 39 heavy (non-hydrogen) atoms. The maximum atomic E-state index is 14.8. The van der Waals surface area contributed by atoms with E-state index in [1.807, 2.05) is 0 Å². The smallest absolute Gasteiger partial charge is 0.323 e. The Bertz CT molecular complexity index is 1190. The van der Waals surface area contributed by atoms with Gasteiger partial charge in [0, 0.05) is 35.2 Å². The number of likely N-dealkylation sites (tertiary alicyclic amines) is 1. The minimum atomic E-state index is -8.21. The van der Waals surface area contributed by atoms with Crippen LogP contribution < -0.4 is 5.32 Å². The van der Waals surface area contributed by atoms with Crippen LogP contribution >= 0.6 is 0 Å². The number of amides is 1. The van der Waals surface area contributed by atoms with Crippen molar-refractivity contribution in [2.45, 2.75) is 52.6 Å². The van der Waals surface area contributed by atoms with Gasteiger partial charge in [-0.1, -0.05) is 0 Å². The maximum absolute atomic E-state index is 14.8. The van der Waals surface area contributed by atoms with Crippen molar-refractivity contribution in [2.75, 3.05) is 5.32 Å². The third kappa shape index (κ3) is 4.65. The molecule has 0 aliphatic carbocycles. The second-order valence-electron chi connectivity index (χ2n) is 7.29. The predicted octanol–water partition coefficient (Wildman–Crippen LogP) is 4.76. The van der Waals surface area contributed by atoms with Crippen molar-refractivity contribution in [3.63, 3.8) is 0 Å². The van der Waals surface area contributed by atoms with Crippen molar-refractivity contribution < 1.29 is 88.0 Å². The van der Waals surface area contributed by atoms with Gasteiger partial charge in [-0.3, -0.25) is 9.35 Å². The predicted molar refractivity (Wildman–Crippen MR) is 92.1 cm³/mol. The Morgan fingerprint density at radius 3 is 1.41 bits per heavy atom. The molecule has 0 bridgehead atoms. The van der Waals surface area contributed by atoms with Crippen LogP contribution in [-0.2, 0) is 14.9 Å². The van der Waals surface area contributed by atoms with Gasteiger partial charge >= 0.3 is 47.8 Å². The monoisotopic (exact) mass is 637 g/mol. The molecule has 0 saturated carbocycles. The van der Waals surface area contributed by atoms with Crippen LogP contribution in [0.3, 0.4) is 0 Å². The van der Waals surface area contributed by atoms with E-state index in [9.17, 15) is 83.5 Å². The minimum Gasteiger partial charge on any atom is -0.323 e. The molecule has 2 rings (SSSR count). The average Bonchev–Trinajstić information content (AvgIpc) is 2.69. The molecular weight excluding hydrogens is 631 g/mol. The Kier molecular flexibility index (Phi) is 8.63. The maximum Gasteiger partial charge on any atom is 0.439 e. The molecule has 2 N–H and O–H groups in total. The van der Waals surface area contributed by atoms with Gasteiger partial charge in [0.05, 0.1) is 4.90 Å². The Morgan fingerprint density at radius 2 is 1.10 bits per heavy atom. The molecule has 0 aromatic heterocycles. The van der Waals surface area contributed by atoms with Gasteiger partial charge in [0.15, 0.2) is 0 Å². The molecule has 6 nitrogen and oxygen atoms in total. The van der Waals surface area contributed by atoms with Crippen LogP contribution in [0.1, 0.15) is 0 Å². The second kappa shape index (κ2) is 9.49. The van der Waals surface area contributed by atoms with E-state index in [0.717, 1.165) is 0 Å². The average molecular weight is 637 g/mol. The fourth-order valence-corrected chi connectivity index (χ4v) is 3.38. The first kappa shape index (κ1) is 35.5. The number of rotatable bonds is 5. The number of benzene rings is 1. The van der Waals surface area contributed by atoms with E-state index < -0.39 is 79.3 Å². The molecule has 1 amide bonds. The number of piperidine rings is 1. The van der Waals surface area contributed by atoms with E-state index in [4.69, 9.17) is 4.55 Å². The number of alkyl halides is 16. The van der Waals surface area contributed by atoms with Crippen LogP contribution in [0.4, 0.5) is 75.9 Å². The van der Waals surface area contributed by atoms with Crippen molar-refractivity contribution in [3.8, 4) is 0 Å². The SMILES string of the molecule is O=C(Nc1ccc(S(=O)(=O)O)cc1)C(F)(C(F)(F)F)C(F)(F)N1C(F)(F)C(F)(F)C(F)(F)C(F)(F)C1(F)F.[Na]. The van der Waals surface area contributed by atoms with Gasteiger partial charge in [-0.25, -0.2) is 4.39 Å². The van der Waals surface area contributed by atoms with E-state index in [-0.39, 0.29) is 53.8 Å². The summed E-state index contributed by atoms with van der Waals surface area (Å²) in [6.45, 7) is 0. The number of hydrogen-bond acceptors (Lipinski definition) is 4. The number of anilines is 1. The third-order valence-corrected chi connectivity index (χ3v) is 5.78. The molecular formula is C15H6F16N2NaO4S. The van der Waals surface area contributed by atoms with Gasteiger partial charge in [-0.2, -0.15) is 74.3 Å². The second-order valence-corrected chi connectivity index (χ2v) is 8.71. The van der Waals surface area contributed by atoms with Gasteiger partial charge in [0.25, 0.3) is 16.0 Å². The number of nitrogens with zero attached hydrogens (tertiary/aromatic N) is 1. The first-order valence-corrected chi connectivity index (χ1v) is 10.1. The summed E-state index contributed by atoms with van der Waals surface area (Å²) < 4.78 is 250. The molecule has 1 aliphatic rings. The van der Waals surface area contributed by atoms with E-state index in [2.05, 4.69) is 0 Å². The van der Waals surface area contributed by atoms with Crippen molar-refractivity contribution >= 4 is 51.3 Å². The van der Waals surface area contributed by atoms with Crippen molar-refractivity contribution in [2.24, 2.45) is 0 Å². The number of hydrogen-bond donors (Lipinski definition) is 2. The molecule has 1 aromatic rings. The first-order chi connectivity index (χ1) is 16.5. The van der Waals surface area contributed by atoms with Gasteiger partial charge in [-0.15, -0.1) is 4.90 Å². The summed E-state index contributed by atoms with van der Waals surface area (Å²) in [5, 5.41) is 0.495. The molecule has 1 heterocycles. The first-order valence-electron chi connectivity index (χ1n) is 8.69. The largest absolute Gasteiger partial charge is 0.439 e. The van der Waals surface area contributed by atoms with E-state index in [1.54, 1.807) is 0 Å². The Balaban J connectivity index is 0.00000760. The fraction of sp³-hybridized carbons (Fsp3) is 0.533. The van der Waals surface area contributed by atoms with Crippen LogP contribution in [0, 0.1) is 0 Å². The summed E-state index contributed by atoms with van der Waals surface area (Å²) in [6, 6.07) is -23.8. The summed E-state index contributed by atoms with van der Waals surface area (Å²) in [4.78, 5) is 6.26. The minimum absolute atomic E-state index is 0. The molecule has 1 unspecified atom stereocenters. The van der Waals surface area contributed by atoms with Crippen LogP contribution in [0.25, 0.3) is 0 Å². The summed E-state index contributed by atoms with van der Waals surface area (Å²) in [7, 11) is -5.06. The van der Waals surface area contributed by atoms with Crippen LogP contribution in [0.15, 0.2) is 29.2 Å². The van der Waals surface area contributed by atoms with Gasteiger partial charge in [0.1, 0.15) is 0 Å². The van der Waals surface area contributed by atoms with Crippen LogP contribution in [0.2, 0.25) is 0 Å². The molecule has 1 fully saturated rings. The van der Waals surface area contributed by atoms with Gasteiger partial charge in [-0.05, 0) is 24.3 Å². The summed E-state index contributed by atoms with van der Waals surface area (Å²) in [5.41, 5.74) is -8.98. The summed E-state index contributed by atoms with van der Waals surface area (Å²) in [5.74, 6) is -28.0. The normalized spacial score (nSPS) is 23.7. The molecule has 1 atom stereocenters. The van der Waals surface area contributed by atoms with E-state index >= 15 is 0 Å². The quantitative estimate of drug-likeness (QED) is 0.211. The molecule has 1 aliphatic heterocycles. The Hall–Kier alpha value is -1.56. The standard InChI is InChI=1S/C15H6F16N2O4S.Na/c16-8(12(23,24)25,7(34)32-5-1-3-6(4-2-5)38(35,36)37)13(26,27)33-14(28,29)10(19,20)9(17,18)11(21,22)15(33,30)31;/h1-4H,(H,32,34)(H,35,36,37);. The van der Waals surface area contributed by atoms with E-state index in [0.29, 0.717) is 5.32 Å². The topological polar surface area (TPSA) is 86.7 Å². The molecule has 24 heteroatoms. The zero-order valence-electron chi connectivity index (χ0n) is 17.9. The van der Waals surface area contributed by atoms with Crippen molar-refractivity contribution in [1.29, 1.82) is 0 Å². The number of carbonyl (C=O) groups excluding carboxylic acids is 1. The van der Waals surface area contributed by atoms with Crippen LogP contribution in [0.5, 0.6) is 0 Å². The molecule has 219 valence electrons. The van der Waals surface area contributed by atoms with Crippen molar-refractivity contribution in [1.82, 2.24) is 4.90 Å². The molecule has 1 aromatic carbocycles. The van der Waals surface area contributed by atoms with E-state index in [1.165, 1.54) is 0 Å². The molecule has 1 saturated heterocycles. The number of halogens is 16. The summed E-state index contributed by atoms with van der Waals surface area (Å²) >= 11 is 0. The Morgan fingerprint density at radius 1 is 0.744 bits per heavy atom. The number of carbonyl (C=O) groups is 1. The fourth-order valence-electron chi connectivity index (χ4n) is 2.90. The van der Waals surface area contributed by atoms with Gasteiger partial charge < -0.3 is 5.32 Å². The Labute approximate surface area is 226 Å². The zero-order chi connectivity index (χ0) is 30.3. The van der Waals surface area contributed by atoms with Crippen molar-refractivity contribution in [3.05, 3.63) is 24.3 Å². The molecule has 0 spiro atoms. The molecule has 1 radical (unpaired) electrons. The van der Waals surface area contributed by atoms with Crippen LogP contribution in [-0.4, -0.2) is 101 Å². The van der Waals surface area contributed by atoms with Gasteiger partial charge in [0.2, 0.25) is 0 Å².